The zero-order valence-electron chi connectivity index (χ0n) is 18.8. The summed E-state index contributed by atoms with van der Waals surface area (Å²) in [4.78, 5) is 38.6. The number of hydrogen-bond donors (Lipinski definition) is 2. The maximum Gasteiger partial charge on any atom is 0.330 e. The van der Waals surface area contributed by atoms with Crippen LogP contribution < -0.4 is 10.6 Å². The zero-order chi connectivity index (χ0) is 23.8. The second kappa shape index (κ2) is 11.1. The number of nitrogens with zero attached hydrogens (tertiary/aromatic N) is 1. The number of ether oxygens (including phenoxy) is 1. The van der Waals surface area contributed by atoms with Crippen LogP contribution in [0.25, 0.3) is 0 Å². The van der Waals surface area contributed by atoms with Crippen molar-refractivity contribution < 1.29 is 23.6 Å². The molecule has 0 radical (unpaired) electrons. The molecule has 2 N–H and O–H groups in total. The highest BCUT2D eigenvalue weighted by Crippen LogP contribution is 2.22. The van der Waals surface area contributed by atoms with Gasteiger partial charge in [-0.05, 0) is 18.4 Å². The number of amides is 2. The van der Waals surface area contributed by atoms with E-state index >= 15 is 0 Å². The number of rotatable bonds is 9. The van der Waals surface area contributed by atoms with Crippen molar-refractivity contribution >= 4 is 23.6 Å². The minimum absolute atomic E-state index is 0.130. The average Bonchev–Trinajstić information content (AvgIpc) is 3.21. The molecule has 8 nitrogen and oxygen atoms in total. The van der Waals surface area contributed by atoms with E-state index in [1.54, 1.807) is 57.2 Å². The van der Waals surface area contributed by atoms with Crippen molar-refractivity contribution in [3.63, 3.8) is 0 Å². The van der Waals surface area contributed by atoms with Crippen molar-refractivity contribution in [1.82, 2.24) is 10.5 Å². The van der Waals surface area contributed by atoms with Crippen LogP contribution >= 0.6 is 0 Å². The Morgan fingerprint density at radius 2 is 1.64 bits per heavy atom. The quantitative estimate of drug-likeness (QED) is 0.483. The van der Waals surface area contributed by atoms with Gasteiger partial charge < -0.3 is 19.9 Å². The Bertz CT molecular complexity index is 1080. The van der Waals surface area contributed by atoms with E-state index in [9.17, 15) is 14.4 Å². The van der Waals surface area contributed by atoms with Gasteiger partial charge in [0.25, 0.3) is 5.91 Å². The van der Waals surface area contributed by atoms with Crippen molar-refractivity contribution in [1.29, 1.82) is 0 Å². The first-order chi connectivity index (χ1) is 15.8. The number of nitrogens with one attached hydrogen (secondary N) is 2. The summed E-state index contributed by atoms with van der Waals surface area (Å²) < 4.78 is 10.6. The topological polar surface area (TPSA) is 111 Å². The molecular formula is C25H27N3O5. The van der Waals surface area contributed by atoms with Crippen molar-refractivity contribution in [2.75, 3.05) is 5.32 Å². The van der Waals surface area contributed by atoms with Gasteiger partial charge in [0, 0.05) is 11.6 Å². The van der Waals surface area contributed by atoms with Crippen molar-refractivity contribution in [3.05, 3.63) is 83.6 Å². The third-order valence-corrected chi connectivity index (χ3v) is 4.90. The van der Waals surface area contributed by atoms with Crippen LogP contribution in [0.4, 0.5) is 5.82 Å². The maximum absolute atomic E-state index is 13.1. The van der Waals surface area contributed by atoms with E-state index in [1.807, 2.05) is 30.3 Å². The number of carbonyl (C=O) groups is 3. The van der Waals surface area contributed by atoms with E-state index in [1.165, 1.54) is 0 Å². The van der Waals surface area contributed by atoms with Crippen LogP contribution in [0.1, 0.15) is 36.8 Å². The molecule has 1 heterocycles. The second-order valence-electron chi connectivity index (χ2n) is 7.99. The van der Waals surface area contributed by atoms with Crippen LogP contribution in [0.3, 0.4) is 0 Å². The van der Waals surface area contributed by atoms with Crippen LogP contribution in [0, 0.1) is 12.8 Å². The van der Waals surface area contributed by atoms with Gasteiger partial charge >= 0.3 is 5.97 Å². The number of aryl methyl sites for hydroxylation is 1. The van der Waals surface area contributed by atoms with Crippen LogP contribution in [-0.2, 0) is 25.5 Å². The van der Waals surface area contributed by atoms with Gasteiger partial charge in [-0.3, -0.25) is 9.59 Å². The number of benzene rings is 2. The van der Waals surface area contributed by atoms with Gasteiger partial charge in [0.1, 0.15) is 11.8 Å². The molecule has 2 aromatic carbocycles. The van der Waals surface area contributed by atoms with Crippen molar-refractivity contribution in [2.24, 2.45) is 5.92 Å². The SMILES string of the molecule is Cc1cc(NC(=O)C(OC(=O)[C@@H](NC(=O)Cc2ccccc2)C(C)C)c2ccccc2)no1. The summed E-state index contributed by atoms with van der Waals surface area (Å²) in [5.74, 6) is -1.11. The highest BCUT2D eigenvalue weighted by atomic mass is 16.5. The number of anilines is 1. The molecule has 0 saturated carbocycles. The van der Waals surface area contributed by atoms with Gasteiger partial charge in [-0.1, -0.05) is 79.7 Å². The third kappa shape index (κ3) is 6.77. The molecule has 2 amide bonds. The smallest absolute Gasteiger partial charge is 0.330 e. The van der Waals surface area contributed by atoms with Gasteiger partial charge in [0.05, 0.1) is 6.42 Å². The van der Waals surface area contributed by atoms with E-state index in [4.69, 9.17) is 9.26 Å². The molecule has 3 aromatic rings. The van der Waals surface area contributed by atoms with E-state index in [2.05, 4.69) is 15.8 Å². The average molecular weight is 450 g/mol. The monoisotopic (exact) mass is 449 g/mol. The Morgan fingerprint density at radius 3 is 2.21 bits per heavy atom. The lowest BCUT2D eigenvalue weighted by atomic mass is 10.0. The summed E-state index contributed by atoms with van der Waals surface area (Å²) in [5, 5.41) is 9.09. The minimum atomic E-state index is -1.23. The lowest BCUT2D eigenvalue weighted by Crippen LogP contribution is -2.46. The zero-order valence-corrected chi connectivity index (χ0v) is 18.8. The fourth-order valence-corrected chi connectivity index (χ4v) is 3.21. The number of aromatic nitrogens is 1. The number of esters is 1. The Morgan fingerprint density at radius 1 is 1.00 bits per heavy atom. The third-order valence-electron chi connectivity index (χ3n) is 4.90. The molecule has 2 atom stereocenters. The van der Waals surface area contributed by atoms with Gasteiger partial charge in [0.15, 0.2) is 5.82 Å². The lowest BCUT2D eigenvalue weighted by molar-refractivity contribution is -0.158. The van der Waals surface area contributed by atoms with E-state index in [0.717, 1.165) is 5.56 Å². The largest absolute Gasteiger partial charge is 0.446 e. The fourth-order valence-electron chi connectivity index (χ4n) is 3.21. The molecule has 1 aromatic heterocycles. The number of hydrogen-bond acceptors (Lipinski definition) is 6. The van der Waals surface area contributed by atoms with Gasteiger partial charge in [-0.2, -0.15) is 0 Å². The molecule has 0 bridgehead atoms. The molecule has 0 aliphatic rings. The van der Waals surface area contributed by atoms with Gasteiger partial charge in [-0.15, -0.1) is 0 Å². The summed E-state index contributed by atoms with van der Waals surface area (Å²) in [6.07, 6.45) is -1.10. The molecule has 0 aliphatic carbocycles. The van der Waals surface area contributed by atoms with Crippen molar-refractivity contribution in [2.45, 2.75) is 39.3 Å². The Labute approximate surface area is 192 Å². The first-order valence-electron chi connectivity index (χ1n) is 10.7. The molecule has 8 heteroatoms. The van der Waals surface area contributed by atoms with Crippen LogP contribution in [0.5, 0.6) is 0 Å². The molecule has 172 valence electrons. The Balaban J connectivity index is 1.74. The Kier molecular flexibility index (Phi) is 7.96. The van der Waals surface area contributed by atoms with E-state index in [-0.39, 0.29) is 24.1 Å². The van der Waals surface area contributed by atoms with Crippen LogP contribution in [0.2, 0.25) is 0 Å². The first kappa shape index (κ1) is 23.7. The second-order valence-corrected chi connectivity index (χ2v) is 7.99. The maximum atomic E-state index is 13.1. The molecule has 1 unspecified atom stereocenters. The molecular weight excluding hydrogens is 422 g/mol. The highest BCUT2D eigenvalue weighted by Gasteiger charge is 2.32. The Hall–Kier alpha value is -3.94. The van der Waals surface area contributed by atoms with E-state index < -0.39 is 24.0 Å². The standard InChI is InChI=1S/C25H27N3O5/c1-16(2)22(27-21(29)15-18-10-6-4-7-11-18)25(31)32-23(19-12-8-5-9-13-19)24(30)26-20-14-17(3)33-28-20/h4-14,16,22-23H,15H2,1-3H3,(H,27,29)(H,26,28,30)/t22-,23?/m0/s1. The van der Waals surface area contributed by atoms with Crippen molar-refractivity contribution in [3.8, 4) is 0 Å². The summed E-state index contributed by atoms with van der Waals surface area (Å²) in [7, 11) is 0. The predicted molar refractivity (Wildman–Crippen MR) is 122 cm³/mol. The molecule has 33 heavy (non-hydrogen) atoms. The normalized spacial score (nSPS) is 12.6. The first-order valence-corrected chi connectivity index (χ1v) is 10.7. The van der Waals surface area contributed by atoms with Gasteiger partial charge in [-0.25, -0.2) is 4.79 Å². The number of carbonyl (C=O) groups excluding carboxylic acids is 3. The molecule has 0 aliphatic heterocycles. The molecule has 0 fully saturated rings. The molecule has 0 saturated heterocycles. The van der Waals surface area contributed by atoms with Crippen LogP contribution in [0.15, 0.2) is 71.3 Å². The lowest BCUT2D eigenvalue weighted by Gasteiger charge is -2.24. The summed E-state index contributed by atoms with van der Waals surface area (Å²) in [6, 6.07) is 18.5. The predicted octanol–water partition coefficient (Wildman–Crippen LogP) is 3.59. The van der Waals surface area contributed by atoms with E-state index in [0.29, 0.717) is 11.3 Å². The molecule has 3 rings (SSSR count). The summed E-state index contributed by atoms with van der Waals surface area (Å²) in [6.45, 7) is 5.29. The molecule has 0 spiro atoms. The summed E-state index contributed by atoms with van der Waals surface area (Å²) >= 11 is 0. The summed E-state index contributed by atoms with van der Waals surface area (Å²) in [5.41, 5.74) is 1.32. The minimum Gasteiger partial charge on any atom is -0.446 e. The van der Waals surface area contributed by atoms with Gasteiger partial charge in [0.2, 0.25) is 12.0 Å². The fraction of sp³-hybridized carbons (Fsp3) is 0.280. The van der Waals surface area contributed by atoms with Crippen LogP contribution in [-0.4, -0.2) is 29.0 Å². The highest BCUT2D eigenvalue weighted by molar-refractivity contribution is 5.96.